The van der Waals surface area contributed by atoms with E-state index in [1.807, 2.05) is 6.92 Å². The molecule has 0 unspecified atom stereocenters. The Balaban J connectivity index is 2.21. The number of morpholine rings is 1. The van der Waals surface area contributed by atoms with Crippen LogP contribution in [0.25, 0.3) is 0 Å². The summed E-state index contributed by atoms with van der Waals surface area (Å²) in [5, 5.41) is 0. The molecule has 0 spiro atoms. The molecule has 1 heterocycles. The maximum absolute atomic E-state index is 11.6. The summed E-state index contributed by atoms with van der Waals surface area (Å²) in [5.41, 5.74) is 0. The molecule has 108 valence electrons. The van der Waals surface area contributed by atoms with Gasteiger partial charge in [-0.25, -0.2) is 13.1 Å². The Morgan fingerprint density at radius 2 is 2.00 bits per heavy atom. The van der Waals surface area contributed by atoms with Crippen molar-refractivity contribution in [3.05, 3.63) is 0 Å². The molecule has 0 saturated carbocycles. The fourth-order valence-corrected chi connectivity index (χ4v) is 3.32. The SMILES string of the molecule is CCCCS(=O)(=O)NC[C@@H](C)CN1CCOCC1. The highest BCUT2D eigenvalue weighted by Gasteiger charge is 2.16. The molecule has 1 saturated heterocycles. The van der Waals surface area contributed by atoms with E-state index >= 15 is 0 Å². The molecule has 1 N–H and O–H groups in total. The Labute approximate surface area is 111 Å². The lowest BCUT2D eigenvalue weighted by Gasteiger charge is -2.29. The van der Waals surface area contributed by atoms with Crippen LogP contribution >= 0.6 is 0 Å². The molecule has 18 heavy (non-hydrogen) atoms. The average Bonchev–Trinajstić information content (AvgIpc) is 2.36. The number of hydrogen-bond acceptors (Lipinski definition) is 4. The first-order valence-electron chi connectivity index (χ1n) is 6.81. The van der Waals surface area contributed by atoms with E-state index in [4.69, 9.17) is 4.74 Å². The second-order valence-corrected chi connectivity index (χ2v) is 6.97. The number of nitrogens with zero attached hydrogens (tertiary/aromatic N) is 1. The number of rotatable bonds is 8. The van der Waals surface area contributed by atoms with Gasteiger partial charge in [0.15, 0.2) is 0 Å². The van der Waals surface area contributed by atoms with E-state index in [1.54, 1.807) is 0 Å². The first-order valence-corrected chi connectivity index (χ1v) is 8.46. The third-order valence-corrected chi connectivity index (χ3v) is 4.52. The summed E-state index contributed by atoms with van der Waals surface area (Å²) < 4.78 is 31.3. The molecule has 0 aromatic heterocycles. The largest absolute Gasteiger partial charge is 0.379 e. The van der Waals surface area contributed by atoms with Gasteiger partial charge in [-0.05, 0) is 12.3 Å². The van der Waals surface area contributed by atoms with Crippen molar-refractivity contribution in [1.82, 2.24) is 9.62 Å². The van der Waals surface area contributed by atoms with Crippen LogP contribution in [0.5, 0.6) is 0 Å². The molecule has 0 aromatic carbocycles. The van der Waals surface area contributed by atoms with E-state index in [2.05, 4.69) is 16.5 Å². The van der Waals surface area contributed by atoms with Gasteiger partial charge in [-0.2, -0.15) is 0 Å². The number of hydrogen-bond donors (Lipinski definition) is 1. The van der Waals surface area contributed by atoms with Crippen LogP contribution in [0.1, 0.15) is 26.7 Å². The molecule has 6 heteroatoms. The molecule has 1 rings (SSSR count). The van der Waals surface area contributed by atoms with Crippen molar-refractivity contribution in [2.75, 3.05) is 45.1 Å². The summed E-state index contributed by atoms with van der Waals surface area (Å²) in [4.78, 5) is 2.33. The first kappa shape index (κ1) is 15.9. The van der Waals surface area contributed by atoms with Gasteiger partial charge < -0.3 is 4.74 Å². The Kier molecular flexibility index (Phi) is 7.14. The standard InChI is InChI=1S/C12H26N2O3S/c1-3-4-9-18(15,16)13-10-12(2)11-14-5-7-17-8-6-14/h12-13H,3-11H2,1-2H3/t12-/m1/s1. The molecule has 0 bridgehead atoms. The molecule has 0 radical (unpaired) electrons. The summed E-state index contributed by atoms with van der Waals surface area (Å²) in [6, 6.07) is 0. The van der Waals surface area contributed by atoms with E-state index in [-0.39, 0.29) is 5.75 Å². The van der Waals surface area contributed by atoms with Crippen molar-refractivity contribution >= 4 is 10.0 Å². The zero-order valence-corrected chi connectivity index (χ0v) is 12.3. The van der Waals surface area contributed by atoms with Crippen LogP contribution in [-0.4, -0.2) is 58.5 Å². The summed E-state index contributed by atoms with van der Waals surface area (Å²) in [7, 11) is -3.07. The van der Waals surface area contributed by atoms with E-state index in [1.165, 1.54) is 0 Å². The van der Waals surface area contributed by atoms with E-state index < -0.39 is 10.0 Å². The van der Waals surface area contributed by atoms with Gasteiger partial charge in [-0.15, -0.1) is 0 Å². The summed E-state index contributed by atoms with van der Waals surface area (Å²) in [5.74, 6) is 0.577. The summed E-state index contributed by atoms with van der Waals surface area (Å²) >= 11 is 0. The second-order valence-electron chi connectivity index (χ2n) is 5.04. The summed E-state index contributed by atoms with van der Waals surface area (Å²) in [6.45, 7) is 9.02. The zero-order chi connectivity index (χ0) is 13.4. The lowest BCUT2D eigenvalue weighted by molar-refractivity contribution is 0.0321. The zero-order valence-electron chi connectivity index (χ0n) is 11.5. The number of nitrogens with one attached hydrogen (secondary N) is 1. The predicted octanol–water partition coefficient (Wildman–Crippen LogP) is 0.674. The van der Waals surface area contributed by atoms with Gasteiger partial charge in [0.2, 0.25) is 10.0 Å². The monoisotopic (exact) mass is 278 g/mol. The summed E-state index contributed by atoms with van der Waals surface area (Å²) in [6.07, 6.45) is 1.64. The highest BCUT2D eigenvalue weighted by Crippen LogP contribution is 2.03. The average molecular weight is 278 g/mol. The van der Waals surface area contributed by atoms with Crippen molar-refractivity contribution in [1.29, 1.82) is 0 Å². The van der Waals surface area contributed by atoms with Gasteiger partial charge in [-0.1, -0.05) is 20.3 Å². The molecular weight excluding hydrogens is 252 g/mol. The van der Waals surface area contributed by atoms with Gasteiger partial charge in [0.05, 0.1) is 19.0 Å². The first-order chi connectivity index (χ1) is 8.53. The minimum absolute atomic E-state index is 0.244. The number of unbranched alkanes of at least 4 members (excludes halogenated alkanes) is 1. The number of ether oxygens (including phenoxy) is 1. The third-order valence-electron chi connectivity index (χ3n) is 3.09. The van der Waals surface area contributed by atoms with Crippen LogP contribution in [0.4, 0.5) is 0 Å². The quantitative estimate of drug-likeness (QED) is 0.709. The van der Waals surface area contributed by atoms with Crippen molar-refractivity contribution in [2.45, 2.75) is 26.7 Å². The Bertz CT molecular complexity index is 313. The fourth-order valence-electron chi connectivity index (χ4n) is 1.96. The number of sulfonamides is 1. The highest BCUT2D eigenvalue weighted by atomic mass is 32.2. The normalized spacial score (nSPS) is 19.9. The maximum Gasteiger partial charge on any atom is 0.211 e. The molecule has 5 nitrogen and oxygen atoms in total. The van der Waals surface area contributed by atoms with Crippen LogP contribution in [0.15, 0.2) is 0 Å². The van der Waals surface area contributed by atoms with E-state index in [0.717, 1.165) is 45.7 Å². The van der Waals surface area contributed by atoms with Crippen LogP contribution in [0.2, 0.25) is 0 Å². The van der Waals surface area contributed by atoms with Gasteiger partial charge in [0.1, 0.15) is 0 Å². The second kappa shape index (κ2) is 8.09. The minimum atomic E-state index is -3.07. The molecule has 1 aliphatic heterocycles. The lowest BCUT2D eigenvalue weighted by Crippen LogP contribution is -2.41. The predicted molar refractivity (Wildman–Crippen MR) is 73.1 cm³/mol. The van der Waals surface area contributed by atoms with E-state index in [9.17, 15) is 8.42 Å². The highest BCUT2D eigenvalue weighted by molar-refractivity contribution is 7.89. The van der Waals surface area contributed by atoms with Crippen LogP contribution in [0, 0.1) is 5.92 Å². The molecule has 0 amide bonds. The van der Waals surface area contributed by atoms with Crippen LogP contribution in [-0.2, 0) is 14.8 Å². The maximum atomic E-state index is 11.6. The van der Waals surface area contributed by atoms with Gasteiger partial charge in [0, 0.05) is 26.2 Å². The Morgan fingerprint density at radius 1 is 1.33 bits per heavy atom. The van der Waals surface area contributed by atoms with Crippen molar-refractivity contribution < 1.29 is 13.2 Å². The van der Waals surface area contributed by atoms with Crippen molar-refractivity contribution in [2.24, 2.45) is 5.92 Å². The Morgan fingerprint density at radius 3 is 2.61 bits per heavy atom. The lowest BCUT2D eigenvalue weighted by atomic mass is 10.1. The molecule has 0 aliphatic carbocycles. The molecular formula is C12H26N2O3S. The molecule has 1 fully saturated rings. The molecule has 1 atom stereocenters. The van der Waals surface area contributed by atoms with Crippen molar-refractivity contribution in [3.63, 3.8) is 0 Å². The topological polar surface area (TPSA) is 58.6 Å². The fraction of sp³-hybridized carbons (Fsp3) is 1.00. The van der Waals surface area contributed by atoms with Crippen LogP contribution in [0.3, 0.4) is 0 Å². The van der Waals surface area contributed by atoms with E-state index in [0.29, 0.717) is 12.5 Å². The molecule has 1 aliphatic rings. The van der Waals surface area contributed by atoms with Gasteiger partial charge in [-0.3, -0.25) is 4.90 Å². The van der Waals surface area contributed by atoms with Crippen LogP contribution < -0.4 is 4.72 Å². The van der Waals surface area contributed by atoms with Gasteiger partial charge in [0.25, 0.3) is 0 Å². The molecule has 0 aromatic rings. The smallest absolute Gasteiger partial charge is 0.211 e. The van der Waals surface area contributed by atoms with Gasteiger partial charge >= 0.3 is 0 Å². The minimum Gasteiger partial charge on any atom is -0.379 e. The van der Waals surface area contributed by atoms with Crippen molar-refractivity contribution in [3.8, 4) is 0 Å². The third kappa shape index (κ3) is 6.68. The Hall–Kier alpha value is -0.170.